The lowest BCUT2D eigenvalue weighted by atomic mass is 10.1. The van der Waals surface area contributed by atoms with E-state index in [4.69, 9.17) is 0 Å². The normalized spacial score (nSPS) is 9.69. The molecule has 3 amide bonds. The molecule has 86 valence electrons. The zero-order chi connectivity index (χ0) is 12.1. The SMILES string of the molecule is CCNC(=O)N(C=O)c1cc(C)cc(C)c1. The summed E-state index contributed by atoms with van der Waals surface area (Å²) < 4.78 is 0. The van der Waals surface area contributed by atoms with E-state index in [2.05, 4.69) is 5.32 Å². The Balaban J connectivity index is 3.03. The number of rotatable bonds is 3. The van der Waals surface area contributed by atoms with E-state index < -0.39 is 6.03 Å². The molecule has 0 radical (unpaired) electrons. The van der Waals surface area contributed by atoms with Crippen molar-refractivity contribution in [3.8, 4) is 0 Å². The summed E-state index contributed by atoms with van der Waals surface area (Å²) in [4.78, 5) is 23.6. The molecule has 0 aliphatic rings. The second kappa shape index (κ2) is 5.30. The highest BCUT2D eigenvalue weighted by molar-refractivity contribution is 6.06. The van der Waals surface area contributed by atoms with E-state index in [9.17, 15) is 9.59 Å². The number of urea groups is 1. The number of nitrogens with zero attached hydrogens (tertiary/aromatic N) is 1. The van der Waals surface area contributed by atoms with E-state index in [1.165, 1.54) is 0 Å². The maximum atomic E-state index is 11.6. The molecule has 0 aliphatic carbocycles. The second-order valence-corrected chi connectivity index (χ2v) is 3.66. The summed E-state index contributed by atoms with van der Waals surface area (Å²) in [5.41, 5.74) is 2.63. The first kappa shape index (κ1) is 12.2. The van der Waals surface area contributed by atoms with Gasteiger partial charge in [-0.15, -0.1) is 0 Å². The Bertz CT molecular complexity index is 382. The standard InChI is InChI=1S/C12H16N2O2/c1-4-13-12(16)14(8-15)11-6-9(2)5-10(3)7-11/h5-8H,4H2,1-3H3,(H,13,16). The molecule has 16 heavy (non-hydrogen) atoms. The van der Waals surface area contributed by atoms with E-state index in [-0.39, 0.29) is 0 Å². The third-order valence-electron chi connectivity index (χ3n) is 2.14. The highest BCUT2D eigenvalue weighted by atomic mass is 16.2. The molecule has 0 atom stereocenters. The Kier molecular flexibility index (Phi) is 4.05. The van der Waals surface area contributed by atoms with Crippen LogP contribution in [0.1, 0.15) is 18.1 Å². The van der Waals surface area contributed by atoms with Crippen LogP contribution in [0.15, 0.2) is 18.2 Å². The average Bonchev–Trinajstić information content (AvgIpc) is 2.17. The van der Waals surface area contributed by atoms with E-state index in [0.717, 1.165) is 16.0 Å². The number of hydrogen-bond acceptors (Lipinski definition) is 2. The fourth-order valence-corrected chi connectivity index (χ4v) is 1.55. The molecule has 0 unspecified atom stereocenters. The van der Waals surface area contributed by atoms with E-state index in [1.54, 1.807) is 12.1 Å². The van der Waals surface area contributed by atoms with Gasteiger partial charge in [0.1, 0.15) is 0 Å². The summed E-state index contributed by atoms with van der Waals surface area (Å²) in [5.74, 6) is 0. The van der Waals surface area contributed by atoms with Crippen LogP contribution in [-0.4, -0.2) is 19.0 Å². The largest absolute Gasteiger partial charge is 0.338 e. The molecule has 1 aromatic carbocycles. The van der Waals surface area contributed by atoms with Crippen LogP contribution in [0, 0.1) is 13.8 Å². The molecule has 0 aliphatic heterocycles. The summed E-state index contributed by atoms with van der Waals surface area (Å²) in [7, 11) is 0. The van der Waals surface area contributed by atoms with Crippen molar-refractivity contribution in [1.29, 1.82) is 0 Å². The van der Waals surface area contributed by atoms with Crippen molar-refractivity contribution in [2.24, 2.45) is 0 Å². The number of carbonyl (C=O) groups excluding carboxylic acids is 2. The molecular formula is C12H16N2O2. The average molecular weight is 220 g/mol. The fourth-order valence-electron chi connectivity index (χ4n) is 1.55. The Labute approximate surface area is 95.3 Å². The third-order valence-corrected chi connectivity index (χ3v) is 2.14. The fraction of sp³-hybridized carbons (Fsp3) is 0.333. The predicted molar refractivity (Wildman–Crippen MR) is 63.5 cm³/mol. The first-order valence-corrected chi connectivity index (χ1v) is 5.19. The van der Waals surface area contributed by atoms with Gasteiger partial charge in [-0.25, -0.2) is 9.69 Å². The van der Waals surface area contributed by atoms with Crippen molar-refractivity contribution in [3.63, 3.8) is 0 Å². The number of hydrogen-bond donors (Lipinski definition) is 1. The molecule has 0 bridgehead atoms. The molecule has 4 nitrogen and oxygen atoms in total. The molecule has 0 aromatic heterocycles. The predicted octanol–water partition coefficient (Wildman–Crippen LogP) is 2.00. The minimum atomic E-state index is -0.400. The van der Waals surface area contributed by atoms with Gasteiger partial charge in [-0.1, -0.05) is 6.07 Å². The Morgan fingerprint density at radius 1 is 1.31 bits per heavy atom. The summed E-state index contributed by atoms with van der Waals surface area (Å²) in [6, 6.07) is 5.19. The van der Waals surface area contributed by atoms with Gasteiger partial charge < -0.3 is 5.32 Å². The van der Waals surface area contributed by atoms with Gasteiger partial charge in [0.05, 0.1) is 5.69 Å². The van der Waals surface area contributed by atoms with Crippen LogP contribution in [0.25, 0.3) is 0 Å². The van der Waals surface area contributed by atoms with Crippen LogP contribution in [-0.2, 0) is 4.79 Å². The molecule has 1 aromatic rings. The smallest absolute Gasteiger partial charge is 0.328 e. The third kappa shape index (κ3) is 2.82. The van der Waals surface area contributed by atoms with Gasteiger partial charge in [0.2, 0.25) is 6.41 Å². The molecule has 0 spiro atoms. The summed E-state index contributed by atoms with van der Waals surface area (Å²) >= 11 is 0. The molecular weight excluding hydrogens is 204 g/mol. The van der Waals surface area contributed by atoms with Gasteiger partial charge >= 0.3 is 6.03 Å². The monoisotopic (exact) mass is 220 g/mol. The van der Waals surface area contributed by atoms with Crippen LogP contribution in [0.2, 0.25) is 0 Å². The van der Waals surface area contributed by atoms with Crippen molar-refractivity contribution in [1.82, 2.24) is 5.32 Å². The quantitative estimate of drug-likeness (QED) is 0.792. The lowest BCUT2D eigenvalue weighted by Crippen LogP contribution is -2.39. The number of aryl methyl sites for hydroxylation is 2. The zero-order valence-electron chi connectivity index (χ0n) is 9.78. The molecule has 1 N–H and O–H groups in total. The van der Waals surface area contributed by atoms with Gasteiger partial charge in [0, 0.05) is 6.54 Å². The van der Waals surface area contributed by atoms with Crippen LogP contribution in [0.3, 0.4) is 0 Å². The number of nitrogens with one attached hydrogen (secondary N) is 1. The zero-order valence-corrected chi connectivity index (χ0v) is 9.78. The molecule has 0 saturated heterocycles. The van der Waals surface area contributed by atoms with Crippen molar-refractivity contribution in [2.75, 3.05) is 11.4 Å². The number of carbonyl (C=O) groups is 2. The Morgan fingerprint density at radius 3 is 2.31 bits per heavy atom. The maximum absolute atomic E-state index is 11.6. The Hall–Kier alpha value is -1.84. The van der Waals surface area contributed by atoms with Crippen molar-refractivity contribution < 1.29 is 9.59 Å². The maximum Gasteiger partial charge on any atom is 0.328 e. The number of amides is 3. The van der Waals surface area contributed by atoms with Crippen LogP contribution < -0.4 is 10.2 Å². The Morgan fingerprint density at radius 2 is 1.88 bits per heavy atom. The first-order chi connectivity index (χ1) is 7.58. The first-order valence-electron chi connectivity index (χ1n) is 5.19. The minimum Gasteiger partial charge on any atom is -0.338 e. The molecule has 0 saturated carbocycles. The van der Waals surface area contributed by atoms with Crippen molar-refractivity contribution >= 4 is 18.1 Å². The lowest BCUT2D eigenvalue weighted by Gasteiger charge is -2.16. The van der Waals surface area contributed by atoms with Gasteiger partial charge in [0.25, 0.3) is 0 Å². The van der Waals surface area contributed by atoms with Gasteiger partial charge in [-0.3, -0.25) is 4.79 Å². The lowest BCUT2D eigenvalue weighted by molar-refractivity contribution is -0.106. The minimum absolute atomic E-state index is 0.400. The number of benzene rings is 1. The van der Waals surface area contributed by atoms with E-state index >= 15 is 0 Å². The molecule has 0 fully saturated rings. The van der Waals surface area contributed by atoms with E-state index in [1.807, 2.05) is 26.8 Å². The molecule has 0 heterocycles. The molecule has 4 heteroatoms. The van der Waals surface area contributed by atoms with Crippen LogP contribution in [0.4, 0.5) is 10.5 Å². The van der Waals surface area contributed by atoms with Crippen molar-refractivity contribution in [2.45, 2.75) is 20.8 Å². The summed E-state index contributed by atoms with van der Waals surface area (Å²) in [6.45, 7) is 6.16. The van der Waals surface area contributed by atoms with Crippen LogP contribution >= 0.6 is 0 Å². The van der Waals surface area contributed by atoms with Gasteiger partial charge in [-0.05, 0) is 44.0 Å². The number of imide groups is 1. The van der Waals surface area contributed by atoms with Crippen LogP contribution in [0.5, 0.6) is 0 Å². The molecule has 1 rings (SSSR count). The van der Waals surface area contributed by atoms with Gasteiger partial charge in [-0.2, -0.15) is 0 Å². The highest BCUT2D eigenvalue weighted by Crippen LogP contribution is 2.17. The topological polar surface area (TPSA) is 49.4 Å². The highest BCUT2D eigenvalue weighted by Gasteiger charge is 2.14. The van der Waals surface area contributed by atoms with E-state index in [0.29, 0.717) is 18.6 Å². The summed E-state index contributed by atoms with van der Waals surface area (Å²) in [6.07, 6.45) is 0.527. The van der Waals surface area contributed by atoms with Gasteiger partial charge in [0.15, 0.2) is 0 Å². The van der Waals surface area contributed by atoms with Crippen molar-refractivity contribution in [3.05, 3.63) is 29.3 Å². The number of anilines is 1. The second-order valence-electron chi connectivity index (χ2n) is 3.66. The summed E-state index contributed by atoms with van der Waals surface area (Å²) in [5, 5.41) is 2.59.